The van der Waals surface area contributed by atoms with Crippen molar-refractivity contribution in [3.8, 4) is 11.5 Å². The first-order valence-electron chi connectivity index (χ1n) is 9.77. The predicted octanol–water partition coefficient (Wildman–Crippen LogP) is 1.92. The van der Waals surface area contributed by atoms with Gasteiger partial charge in [0.25, 0.3) is 0 Å². The van der Waals surface area contributed by atoms with Gasteiger partial charge in [0.05, 0.1) is 38.8 Å². The Morgan fingerprint density at radius 3 is 2.63 bits per heavy atom. The van der Waals surface area contributed by atoms with Gasteiger partial charge in [0.1, 0.15) is 11.5 Å². The molecule has 3 N–H and O–H groups in total. The molecule has 0 spiro atoms. The first-order valence-corrected chi connectivity index (χ1v) is 9.77. The van der Waals surface area contributed by atoms with Gasteiger partial charge in [-0.05, 0) is 24.3 Å². The molecule has 2 aliphatic rings. The van der Waals surface area contributed by atoms with Crippen LogP contribution >= 0.6 is 0 Å². The Balaban J connectivity index is 1.75. The molecular formula is C21H26N6O3. The molecule has 2 aromatic rings. The quantitative estimate of drug-likeness (QED) is 0.777. The van der Waals surface area contributed by atoms with Crippen molar-refractivity contribution in [1.29, 1.82) is 0 Å². The Morgan fingerprint density at radius 2 is 1.87 bits per heavy atom. The maximum atomic E-state index is 6.12. The number of nitrogens with two attached hydrogens (primary N) is 1. The van der Waals surface area contributed by atoms with Crippen LogP contribution < -0.4 is 25.4 Å². The van der Waals surface area contributed by atoms with Crippen LogP contribution in [0.5, 0.6) is 11.5 Å². The van der Waals surface area contributed by atoms with E-state index in [9.17, 15) is 0 Å². The average Bonchev–Trinajstić information content (AvgIpc) is 2.79. The number of methoxy groups -OCH3 is 2. The number of hydrogen-bond acceptors (Lipinski definition) is 9. The summed E-state index contributed by atoms with van der Waals surface area (Å²) in [7, 11) is 3.28. The number of rotatable bonds is 5. The summed E-state index contributed by atoms with van der Waals surface area (Å²) in [6, 6.07) is 15.5. The molecule has 1 saturated heterocycles. The number of para-hydroxylation sites is 2. The van der Waals surface area contributed by atoms with Gasteiger partial charge in [-0.1, -0.05) is 18.2 Å². The van der Waals surface area contributed by atoms with E-state index in [4.69, 9.17) is 19.9 Å². The number of morpholine rings is 1. The molecule has 30 heavy (non-hydrogen) atoms. The van der Waals surface area contributed by atoms with Crippen molar-refractivity contribution in [2.75, 3.05) is 50.7 Å². The molecule has 0 bridgehead atoms. The minimum atomic E-state index is -0.524. The van der Waals surface area contributed by atoms with E-state index >= 15 is 0 Å². The van der Waals surface area contributed by atoms with Crippen LogP contribution in [0.15, 0.2) is 58.5 Å². The summed E-state index contributed by atoms with van der Waals surface area (Å²) in [5, 5.41) is 3.44. The first kappa shape index (κ1) is 19.8. The maximum Gasteiger partial charge on any atom is 0.222 e. The zero-order valence-corrected chi connectivity index (χ0v) is 17.1. The van der Waals surface area contributed by atoms with Gasteiger partial charge >= 0.3 is 0 Å². The van der Waals surface area contributed by atoms with Crippen molar-refractivity contribution in [2.24, 2.45) is 15.7 Å². The van der Waals surface area contributed by atoms with E-state index in [0.717, 1.165) is 17.1 Å². The predicted molar refractivity (Wildman–Crippen MR) is 117 cm³/mol. The van der Waals surface area contributed by atoms with Crippen LogP contribution in [0.4, 0.5) is 11.4 Å². The monoisotopic (exact) mass is 410 g/mol. The SMILES string of the molecule is COc1cccc(N2C(N3CCOCC3)=NC(N)=NC2Nc2ccccc2OC)c1. The van der Waals surface area contributed by atoms with E-state index in [1.165, 1.54) is 0 Å². The number of nitrogens with zero attached hydrogens (tertiary/aromatic N) is 4. The lowest BCUT2D eigenvalue weighted by Crippen LogP contribution is -2.57. The third kappa shape index (κ3) is 4.11. The number of nitrogens with one attached hydrogen (secondary N) is 1. The molecule has 2 aliphatic heterocycles. The fourth-order valence-electron chi connectivity index (χ4n) is 3.48. The maximum absolute atomic E-state index is 6.12. The molecule has 2 heterocycles. The summed E-state index contributed by atoms with van der Waals surface area (Å²) in [5.41, 5.74) is 7.81. The van der Waals surface area contributed by atoms with Gasteiger partial charge in [0.15, 0.2) is 0 Å². The molecule has 1 fully saturated rings. The molecule has 4 rings (SSSR count). The zero-order chi connectivity index (χ0) is 20.9. The van der Waals surface area contributed by atoms with E-state index in [2.05, 4.69) is 20.2 Å². The van der Waals surface area contributed by atoms with Crippen LogP contribution in [0.2, 0.25) is 0 Å². The summed E-state index contributed by atoms with van der Waals surface area (Å²) in [5.74, 6) is 2.38. The minimum Gasteiger partial charge on any atom is -0.497 e. The fourth-order valence-corrected chi connectivity index (χ4v) is 3.48. The van der Waals surface area contributed by atoms with Crippen LogP contribution in [-0.4, -0.2) is 63.6 Å². The van der Waals surface area contributed by atoms with E-state index in [-0.39, 0.29) is 5.96 Å². The number of guanidine groups is 2. The number of hydrogen-bond donors (Lipinski definition) is 2. The van der Waals surface area contributed by atoms with E-state index in [0.29, 0.717) is 38.0 Å². The second-order valence-corrected chi connectivity index (χ2v) is 6.79. The second-order valence-electron chi connectivity index (χ2n) is 6.79. The van der Waals surface area contributed by atoms with E-state index in [1.54, 1.807) is 14.2 Å². The fraction of sp³-hybridized carbons (Fsp3) is 0.333. The molecule has 9 nitrogen and oxygen atoms in total. The van der Waals surface area contributed by atoms with Crippen LogP contribution in [0.25, 0.3) is 0 Å². The summed E-state index contributed by atoms with van der Waals surface area (Å²) in [6.45, 7) is 2.70. The van der Waals surface area contributed by atoms with Crippen LogP contribution in [-0.2, 0) is 4.74 Å². The van der Waals surface area contributed by atoms with E-state index < -0.39 is 6.29 Å². The van der Waals surface area contributed by atoms with Crippen LogP contribution in [0.3, 0.4) is 0 Å². The van der Waals surface area contributed by atoms with Gasteiger partial charge in [-0.15, -0.1) is 0 Å². The molecule has 0 radical (unpaired) electrons. The van der Waals surface area contributed by atoms with Gasteiger partial charge in [-0.25, -0.2) is 4.99 Å². The molecule has 1 unspecified atom stereocenters. The lowest BCUT2D eigenvalue weighted by atomic mass is 10.2. The lowest BCUT2D eigenvalue weighted by Gasteiger charge is -2.41. The number of benzene rings is 2. The van der Waals surface area contributed by atoms with Gasteiger partial charge in [0, 0.05) is 19.2 Å². The highest BCUT2D eigenvalue weighted by Gasteiger charge is 2.32. The van der Waals surface area contributed by atoms with Crippen molar-refractivity contribution in [3.05, 3.63) is 48.5 Å². The third-order valence-corrected chi connectivity index (χ3v) is 4.95. The van der Waals surface area contributed by atoms with Crippen molar-refractivity contribution in [2.45, 2.75) is 6.29 Å². The highest BCUT2D eigenvalue weighted by atomic mass is 16.5. The van der Waals surface area contributed by atoms with E-state index in [1.807, 2.05) is 53.4 Å². The molecule has 0 amide bonds. The normalized spacial score (nSPS) is 19.1. The summed E-state index contributed by atoms with van der Waals surface area (Å²) in [6.07, 6.45) is -0.524. The molecule has 9 heteroatoms. The Labute approximate surface area is 175 Å². The topological polar surface area (TPSA) is 96.9 Å². The van der Waals surface area contributed by atoms with Crippen molar-refractivity contribution >= 4 is 23.3 Å². The largest absolute Gasteiger partial charge is 0.497 e. The van der Waals surface area contributed by atoms with Crippen molar-refractivity contribution < 1.29 is 14.2 Å². The second kappa shape index (κ2) is 8.91. The standard InChI is InChI=1S/C21H26N6O3/c1-28-16-7-5-6-15(14-16)27-20(23-17-8-3-4-9-18(17)29-2)24-19(22)25-21(27)26-10-12-30-13-11-26/h3-9,14,20,23H,10-13H2,1-2H3,(H2,22,24). The Bertz CT molecular complexity index is 942. The summed E-state index contributed by atoms with van der Waals surface area (Å²) >= 11 is 0. The highest BCUT2D eigenvalue weighted by Crippen LogP contribution is 2.30. The van der Waals surface area contributed by atoms with Gasteiger partial charge in [0.2, 0.25) is 18.2 Å². The Morgan fingerprint density at radius 1 is 1.07 bits per heavy atom. The van der Waals surface area contributed by atoms with Crippen LogP contribution in [0, 0.1) is 0 Å². The molecule has 0 aromatic heterocycles. The molecule has 0 saturated carbocycles. The zero-order valence-electron chi connectivity index (χ0n) is 17.1. The summed E-state index contributed by atoms with van der Waals surface area (Å²) in [4.78, 5) is 13.3. The third-order valence-electron chi connectivity index (χ3n) is 4.95. The number of ether oxygens (including phenoxy) is 3. The smallest absolute Gasteiger partial charge is 0.222 e. The van der Waals surface area contributed by atoms with Crippen molar-refractivity contribution in [1.82, 2.24) is 4.90 Å². The van der Waals surface area contributed by atoms with Gasteiger partial charge in [-0.3, -0.25) is 4.90 Å². The van der Waals surface area contributed by atoms with Gasteiger partial charge in [-0.2, -0.15) is 4.99 Å². The molecular weight excluding hydrogens is 384 g/mol. The number of aliphatic imine (C=N–C) groups is 2. The minimum absolute atomic E-state index is 0.211. The van der Waals surface area contributed by atoms with Crippen LogP contribution in [0.1, 0.15) is 0 Å². The van der Waals surface area contributed by atoms with Gasteiger partial charge < -0.3 is 30.2 Å². The Kier molecular flexibility index (Phi) is 5.89. The lowest BCUT2D eigenvalue weighted by molar-refractivity contribution is 0.0671. The van der Waals surface area contributed by atoms with Crippen molar-refractivity contribution in [3.63, 3.8) is 0 Å². The molecule has 1 atom stereocenters. The summed E-state index contributed by atoms with van der Waals surface area (Å²) < 4.78 is 16.5. The average molecular weight is 410 g/mol. The molecule has 2 aromatic carbocycles. The molecule has 0 aliphatic carbocycles. The Hall–Kier alpha value is -3.46. The highest BCUT2D eigenvalue weighted by molar-refractivity contribution is 6.06. The first-order chi connectivity index (χ1) is 14.7. The number of anilines is 2. The molecule has 158 valence electrons.